The van der Waals surface area contributed by atoms with Crippen molar-refractivity contribution >= 4 is 22.4 Å². The van der Waals surface area contributed by atoms with Gasteiger partial charge >= 0.3 is 0 Å². The van der Waals surface area contributed by atoms with Gasteiger partial charge in [0.15, 0.2) is 0 Å². The number of methoxy groups -OCH3 is 1. The molecule has 1 aromatic carbocycles. The summed E-state index contributed by atoms with van der Waals surface area (Å²) in [6.45, 7) is 0.837. The Morgan fingerprint density at radius 2 is 2.05 bits per heavy atom. The maximum Gasteiger partial charge on any atom is 0.252 e. The fraction of sp³-hybridized carbons (Fsp3) is 0.357. The molecular weight excluding hydrogens is 290 g/mol. The molecule has 0 atom stereocenters. The van der Waals surface area contributed by atoms with Crippen molar-refractivity contribution in [3.63, 3.8) is 0 Å². The van der Waals surface area contributed by atoms with Gasteiger partial charge in [-0.1, -0.05) is 41.7 Å². The standard InChI is InChI=1S/C14H17N3O3S/c1-19-7-8-20-10-12(18)15-14-17-16-13(21-14)9-11-5-3-2-4-6-11/h2-6H,7-10H2,1H3,(H,15,17,18). The first-order chi connectivity index (χ1) is 10.3. The molecule has 1 aromatic heterocycles. The number of amides is 1. The van der Waals surface area contributed by atoms with Crippen molar-refractivity contribution in [3.8, 4) is 0 Å². The maximum atomic E-state index is 11.6. The highest BCUT2D eigenvalue weighted by Crippen LogP contribution is 2.18. The SMILES string of the molecule is COCCOCC(=O)Nc1nnc(Cc2ccccc2)s1. The molecule has 0 bridgehead atoms. The molecule has 21 heavy (non-hydrogen) atoms. The van der Waals surface area contributed by atoms with Gasteiger partial charge in [0.1, 0.15) is 11.6 Å². The number of carbonyl (C=O) groups excluding carboxylic acids is 1. The smallest absolute Gasteiger partial charge is 0.252 e. The highest BCUT2D eigenvalue weighted by molar-refractivity contribution is 7.15. The topological polar surface area (TPSA) is 73.3 Å². The molecule has 2 aromatic rings. The highest BCUT2D eigenvalue weighted by atomic mass is 32.1. The molecule has 1 amide bonds. The van der Waals surface area contributed by atoms with E-state index in [4.69, 9.17) is 9.47 Å². The van der Waals surface area contributed by atoms with Crippen LogP contribution in [-0.2, 0) is 20.7 Å². The summed E-state index contributed by atoms with van der Waals surface area (Å²) in [4.78, 5) is 11.6. The van der Waals surface area contributed by atoms with Gasteiger partial charge in [-0.2, -0.15) is 0 Å². The largest absolute Gasteiger partial charge is 0.382 e. The zero-order valence-electron chi connectivity index (χ0n) is 11.7. The summed E-state index contributed by atoms with van der Waals surface area (Å²) < 4.78 is 9.95. The molecule has 7 heteroatoms. The van der Waals surface area contributed by atoms with E-state index in [0.717, 1.165) is 10.6 Å². The van der Waals surface area contributed by atoms with Crippen LogP contribution in [0.3, 0.4) is 0 Å². The van der Waals surface area contributed by atoms with Gasteiger partial charge in [0, 0.05) is 13.5 Å². The van der Waals surface area contributed by atoms with Crippen LogP contribution in [0.4, 0.5) is 5.13 Å². The van der Waals surface area contributed by atoms with Crippen LogP contribution in [0.2, 0.25) is 0 Å². The molecule has 1 heterocycles. The van der Waals surface area contributed by atoms with Gasteiger partial charge in [-0.05, 0) is 5.56 Å². The predicted molar refractivity (Wildman–Crippen MR) is 80.5 cm³/mol. The lowest BCUT2D eigenvalue weighted by atomic mass is 10.2. The van der Waals surface area contributed by atoms with Crippen LogP contribution in [0.15, 0.2) is 30.3 Å². The second kappa shape index (κ2) is 8.46. The average molecular weight is 307 g/mol. The van der Waals surface area contributed by atoms with E-state index in [9.17, 15) is 4.79 Å². The van der Waals surface area contributed by atoms with E-state index in [1.165, 1.54) is 11.3 Å². The Kier molecular flexibility index (Phi) is 6.26. The first-order valence-electron chi connectivity index (χ1n) is 6.51. The molecule has 0 aliphatic heterocycles. The van der Waals surface area contributed by atoms with Crippen LogP contribution in [0.1, 0.15) is 10.6 Å². The fourth-order valence-electron chi connectivity index (χ4n) is 1.61. The van der Waals surface area contributed by atoms with E-state index in [2.05, 4.69) is 15.5 Å². The summed E-state index contributed by atoms with van der Waals surface area (Å²) in [5.74, 6) is -0.242. The lowest BCUT2D eigenvalue weighted by molar-refractivity contribution is -0.121. The molecule has 6 nitrogen and oxygen atoms in total. The number of hydrogen-bond donors (Lipinski definition) is 1. The van der Waals surface area contributed by atoms with E-state index in [1.54, 1.807) is 7.11 Å². The van der Waals surface area contributed by atoms with Crippen molar-refractivity contribution in [3.05, 3.63) is 40.9 Å². The van der Waals surface area contributed by atoms with Crippen molar-refractivity contribution in [1.82, 2.24) is 10.2 Å². The summed E-state index contributed by atoms with van der Waals surface area (Å²) in [7, 11) is 1.58. The van der Waals surface area contributed by atoms with Gasteiger partial charge in [0.25, 0.3) is 5.91 Å². The number of nitrogens with zero attached hydrogens (tertiary/aromatic N) is 2. The summed E-state index contributed by atoms with van der Waals surface area (Å²) in [5.41, 5.74) is 1.16. The molecule has 0 saturated carbocycles. The predicted octanol–water partition coefficient (Wildman–Crippen LogP) is 1.73. The minimum atomic E-state index is -0.242. The number of carbonyl (C=O) groups is 1. The zero-order valence-corrected chi connectivity index (χ0v) is 12.6. The molecule has 0 radical (unpaired) electrons. The third-order valence-corrected chi connectivity index (χ3v) is 3.41. The van der Waals surface area contributed by atoms with Crippen LogP contribution in [0.5, 0.6) is 0 Å². The zero-order chi connectivity index (χ0) is 14.9. The van der Waals surface area contributed by atoms with Crippen LogP contribution >= 0.6 is 11.3 Å². The van der Waals surface area contributed by atoms with E-state index in [-0.39, 0.29) is 12.5 Å². The Labute approximate surface area is 127 Å². The van der Waals surface area contributed by atoms with E-state index in [0.29, 0.717) is 24.8 Å². The Bertz CT molecular complexity index is 560. The number of hydrogen-bond acceptors (Lipinski definition) is 6. The first kappa shape index (κ1) is 15.6. The van der Waals surface area contributed by atoms with Crippen molar-refractivity contribution in [1.29, 1.82) is 0 Å². The van der Waals surface area contributed by atoms with Crippen molar-refractivity contribution in [2.24, 2.45) is 0 Å². The van der Waals surface area contributed by atoms with Crippen LogP contribution < -0.4 is 5.32 Å². The average Bonchev–Trinajstić information content (AvgIpc) is 2.92. The number of rotatable bonds is 8. The Hall–Kier alpha value is -1.83. The fourth-order valence-corrected chi connectivity index (χ4v) is 2.40. The number of ether oxygens (including phenoxy) is 2. The van der Waals surface area contributed by atoms with Gasteiger partial charge in [0.2, 0.25) is 5.13 Å². The van der Waals surface area contributed by atoms with E-state index in [1.807, 2.05) is 30.3 Å². The summed E-state index contributed by atoms with van der Waals surface area (Å²) in [5, 5.41) is 12.0. The Morgan fingerprint density at radius 1 is 1.24 bits per heavy atom. The summed E-state index contributed by atoms with van der Waals surface area (Å²) >= 11 is 1.37. The summed E-state index contributed by atoms with van der Waals surface area (Å²) in [6.07, 6.45) is 0.707. The Balaban J connectivity index is 1.79. The van der Waals surface area contributed by atoms with Gasteiger partial charge in [-0.15, -0.1) is 10.2 Å². The molecule has 1 N–H and O–H groups in total. The van der Waals surface area contributed by atoms with Gasteiger partial charge in [0.05, 0.1) is 13.2 Å². The van der Waals surface area contributed by atoms with Gasteiger partial charge < -0.3 is 9.47 Å². The van der Waals surface area contributed by atoms with Crippen molar-refractivity contribution < 1.29 is 14.3 Å². The molecule has 0 aliphatic rings. The quantitative estimate of drug-likeness (QED) is 0.752. The number of nitrogens with one attached hydrogen (secondary N) is 1. The molecule has 0 unspecified atom stereocenters. The molecule has 112 valence electrons. The van der Waals surface area contributed by atoms with Crippen LogP contribution in [0, 0.1) is 0 Å². The van der Waals surface area contributed by atoms with Crippen molar-refractivity contribution in [2.45, 2.75) is 6.42 Å². The highest BCUT2D eigenvalue weighted by Gasteiger charge is 2.08. The van der Waals surface area contributed by atoms with Gasteiger partial charge in [-0.3, -0.25) is 10.1 Å². The van der Waals surface area contributed by atoms with E-state index >= 15 is 0 Å². The normalized spacial score (nSPS) is 10.5. The van der Waals surface area contributed by atoms with Crippen LogP contribution in [-0.4, -0.2) is 43.0 Å². The van der Waals surface area contributed by atoms with E-state index < -0.39 is 0 Å². The molecule has 0 saturated heterocycles. The Morgan fingerprint density at radius 3 is 2.81 bits per heavy atom. The maximum absolute atomic E-state index is 11.6. The summed E-state index contributed by atoms with van der Waals surface area (Å²) in [6, 6.07) is 10.00. The number of aromatic nitrogens is 2. The van der Waals surface area contributed by atoms with Gasteiger partial charge in [-0.25, -0.2) is 0 Å². The molecule has 0 aliphatic carbocycles. The molecular formula is C14H17N3O3S. The van der Waals surface area contributed by atoms with Crippen molar-refractivity contribution in [2.75, 3.05) is 32.2 Å². The van der Waals surface area contributed by atoms with Crippen LogP contribution in [0.25, 0.3) is 0 Å². The third-order valence-electron chi connectivity index (χ3n) is 2.58. The second-order valence-electron chi connectivity index (χ2n) is 4.26. The minimum absolute atomic E-state index is 0.0169. The second-order valence-corrected chi connectivity index (χ2v) is 5.32. The lowest BCUT2D eigenvalue weighted by Crippen LogP contribution is -2.19. The number of benzene rings is 1. The lowest BCUT2D eigenvalue weighted by Gasteiger charge is -2.02. The number of anilines is 1. The monoisotopic (exact) mass is 307 g/mol. The first-order valence-corrected chi connectivity index (χ1v) is 7.32. The third kappa shape index (κ3) is 5.58. The molecule has 0 spiro atoms. The molecule has 2 rings (SSSR count). The molecule has 0 fully saturated rings. The minimum Gasteiger partial charge on any atom is -0.382 e.